The number of methoxy groups -OCH3 is 1. The average molecular weight is 369 g/mol. The van der Waals surface area contributed by atoms with Gasteiger partial charge >= 0.3 is 19.1 Å². The van der Waals surface area contributed by atoms with E-state index in [-0.39, 0.29) is 17.2 Å². The third-order valence-corrected chi connectivity index (χ3v) is 4.92. The maximum atomic E-state index is 11.9. The molecule has 0 N–H and O–H groups in total. The smallest absolute Gasteiger partial charge is 0.465 e. The second-order valence-corrected chi connectivity index (χ2v) is 7.29. The zero-order valence-electron chi connectivity index (χ0n) is 15.3. The molecule has 1 aliphatic heterocycles. The molecule has 1 aromatic rings. The highest BCUT2D eigenvalue weighted by atomic mass is 35.5. The molecule has 2 rings (SSSR count). The fourth-order valence-corrected chi connectivity index (χ4v) is 2.68. The van der Waals surface area contributed by atoms with E-state index in [0.717, 1.165) is 0 Å². The van der Waals surface area contributed by atoms with Crippen LogP contribution in [0.25, 0.3) is 0 Å². The quantitative estimate of drug-likeness (QED) is 0.600. The molecule has 1 fully saturated rings. The summed E-state index contributed by atoms with van der Waals surface area (Å²) in [6, 6.07) is 3.07. The summed E-state index contributed by atoms with van der Waals surface area (Å²) in [6.45, 7) is 8.95. The van der Waals surface area contributed by atoms with Crippen molar-refractivity contribution in [1.82, 2.24) is 0 Å². The molecule has 136 valence electrons. The van der Waals surface area contributed by atoms with Crippen LogP contribution in [0.3, 0.4) is 0 Å². The molecule has 0 radical (unpaired) electrons. The molecular weight excluding hydrogens is 346 g/mol. The number of carbonyl (C=O) groups excluding carboxylic acids is 2. The van der Waals surface area contributed by atoms with Crippen molar-refractivity contribution in [2.45, 2.75) is 52.4 Å². The summed E-state index contributed by atoms with van der Waals surface area (Å²) in [5.41, 5.74) is 0.202. The molecule has 25 heavy (non-hydrogen) atoms. The van der Waals surface area contributed by atoms with Crippen molar-refractivity contribution in [3.8, 4) is 0 Å². The van der Waals surface area contributed by atoms with Gasteiger partial charge in [0.25, 0.3) is 0 Å². The molecule has 0 amide bonds. The van der Waals surface area contributed by atoms with Gasteiger partial charge in [0.05, 0.1) is 23.9 Å². The van der Waals surface area contributed by atoms with Crippen LogP contribution in [0.5, 0.6) is 0 Å². The number of hydrogen-bond donors (Lipinski definition) is 0. The van der Waals surface area contributed by atoms with Crippen LogP contribution in [0.4, 0.5) is 0 Å². The summed E-state index contributed by atoms with van der Waals surface area (Å²) in [7, 11) is 0.537. The number of rotatable bonds is 4. The lowest BCUT2D eigenvalue weighted by molar-refractivity contribution is -0.142. The van der Waals surface area contributed by atoms with Gasteiger partial charge in [-0.3, -0.25) is 4.79 Å². The standard InChI is InChI=1S/C17H22BClO6/c1-10(20)23-9-12-13(7-11(8-14(12)19)15(21)22-6)18-24-16(2,3)17(4,5)25-18/h7-8H,9H2,1-6H3. The summed E-state index contributed by atoms with van der Waals surface area (Å²) in [5, 5.41) is 0.272. The van der Waals surface area contributed by atoms with Crippen molar-refractivity contribution >= 4 is 36.1 Å². The van der Waals surface area contributed by atoms with Crippen molar-refractivity contribution < 1.29 is 28.4 Å². The predicted molar refractivity (Wildman–Crippen MR) is 94.0 cm³/mol. The SMILES string of the molecule is COC(=O)c1cc(Cl)c(COC(C)=O)c(B2OC(C)(C)C(C)(C)O2)c1. The van der Waals surface area contributed by atoms with Crippen LogP contribution in [0.1, 0.15) is 50.5 Å². The normalized spacial score (nSPS) is 18.1. The first-order chi connectivity index (χ1) is 11.5. The zero-order chi connectivity index (χ0) is 19.0. The van der Waals surface area contributed by atoms with Crippen LogP contribution in [-0.4, -0.2) is 37.4 Å². The van der Waals surface area contributed by atoms with Crippen molar-refractivity contribution in [3.05, 3.63) is 28.3 Å². The Hall–Kier alpha value is -1.57. The molecule has 0 aliphatic carbocycles. The van der Waals surface area contributed by atoms with Gasteiger partial charge in [0, 0.05) is 17.5 Å². The molecule has 0 bridgehead atoms. The Morgan fingerprint density at radius 1 is 1.16 bits per heavy atom. The third-order valence-electron chi connectivity index (χ3n) is 4.58. The zero-order valence-corrected chi connectivity index (χ0v) is 16.0. The van der Waals surface area contributed by atoms with Crippen molar-refractivity contribution in [2.75, 3.05) is 7.11 Å². The summed E-state index contributed by atoms with van der Waals surface area (Å²) >= 11 is 6.33. The van der Waals surface area contributed by atoms with Gasteiger partial charge in [-0.2, -0.15) is 0 Å². The molecule has 1 heterocycles. The lowest BCUT2D eigenvalue weighted by Gasteiger charge is -2.32. The molecule has 8 heteroatoms. The van der Waals surface area contributed by atoms with Gasteiger partial charge < -0.3 is 18.8 Å². The number of carbonyl (C=O) groups is 2. The summed E-state index contributed by atoms with van der Waals surface area (Å²) in [6.07, 6.45) is 0. The summed E-state index contributed by atoms with van der Waals surface area (Å²) in [4.78, 5) is 23.1. The first-order valence-electron chi connectivity index (χ1n) is 7.88. The van der Waals surface area contributed by atoms with Crippen molar-refractivity contribution in [1.29, 1.82) is 0 Å². The van der Waals surface area contributed by atoms with Gasteiger partial charge in [-0.05, 0) is 45.3 Å². The second-order valence-electron chi connectivity index (χ2n) is 6.89. The topological polar surface area (TPSA) is 71.1 Å². The van der Waals surface area contributed by atoms with Crippen LogP contribution in [0, 0.1) is 0 Å². The minimum absolute atomic E-state index is 0.0466. The second kappa shape index (κ2) is 6.98. The highest BCUT2D eigenvalue weighted by Gasteiger charge is 2.52. The van der Waals surface area contributed by atoms with Gasteiger partial charge in [-0.25, -0.2) is 4.79 Å². The molecular formula is C17H22BClO6. The molecule has 1 saturated heterocycles. The molecule has 0 aromatic heterocycles. The van der Waals surface area contributed by atoms with E-state index in [0.29, 0.717) is 11.0 Å². The highest BCUT2D eigenvalue weighted by molar-refractivity contribution is 6.63. The van der Waals surface area contributed by atoms with Gasteiger partial charge in [-0.15, -0.1) is 0 Å². The van der Waals surface area contributed by atoms with Gasteiger partial charge in [0.15, 0.2) is 0 Å². The fraction of sp³-hybridized carbons (Fsp3) is 0.529. The first kappa shape index (κ1) is 19.8. The van der Waals surface area contributed by atoms with Crippen LogP contribution in [-0.2, 0) is 30.2 Å². The fourth-order valence-electron chi connectivity index (χ4n) is 2.40. The van der Waals surface area contributed by atoms with Crippen LogP contribution < -0.4 is 5.46 Å². The molecule has 0 saturated carbocycles. The van der Waals surface area contributed by atoms with E-state index in [1.807, 2.05) is 27.7 Å². The minimum atomic E-state index is -0.752. The molecule has 1 aliphatic rings. The Morgan fingerprint density at radius 2 is 1.72 bits per heavy atom. The highest BCUT2D eigenvalue weighted by Crippen LogP contribution is 2.37. The van der Waals surface area contributed by atoms with E-state index in [1.54, 1.807) is 6.07 Å². The van der Waals surface area contributed by atoms with Gasteiger partial charge in [0.1, 0.15) is 6.61 Å². The first-order valence-corrected chi connectivity index (χ1v) is 8.26. The van der Waals surface area contributed by atoms with Gasteiger partial charge in [-0.1, -0.05) is 11.6 Å². The molecule has 0 spiro atoms. The summed E-state index contributed by atoms with van der Waals surface area (Å²) in [5.74, 6) is -0.966. The van der Waals surface area contributed by atoms with E-state index in [2.05, 4.69) is 0 Å². The van der Waals surface area contributed by atoms with E-state index >= 15 is 0 Å². The predicted octanol–water partition coefficient (Wildman–Crippen LogP) is 2.49. The van der Waals surface area contributed by atoms with E-state index in [1.165, 1.54) is 20.1 Å². The van der Waals surface area contributed by atoms with E-state index in [4.69, 9.17) is 30.4 Å². The lowest BCUT2D eigenvalue weighted by Crippen LogP contribution is -2.41. The Morgan fingerprint density at radius 3 is 2.20 bits per heavy atom. The van der Waals surface area contributed by atoms with E-state index in [9.17, 15) is 9.59 Å². The Kier molecular flexibility index (Phi) is 5.51. The Labute approximate surface area is 152 Å². The monoisotopic (exact) mass is 368 g/mol. The Balaban J connectivity index is 2.50. The largest absolute Gasteiger partial charge is 0.495 e. The van der Waals surface area contributed by atoms with Crippen LogP contribution in [0.15, 0.2) is 12.1 Å². The van der Waals surface area contributed by atoms with Crippen LogP contribution in [0.2, 0.25) is 5.02 Å². The number of halogens is 1. The minimum Gasteiger partial charge on any atom is -0.465 e. The lowest BCUT2D eigenvalue weighted by atomic mass is 9.75. The van der Waals surface area contributed by atoms with Gasteiger partial charge in [0.2, 0.25) is 0 Å². The number of ether oxygens (including phenoxy) is 2. The van der Waals surface area contributed by atoms with Crippen LogP contribution >= 0.6 is 11.6 Å². The molecule has 6 nitrogen and oxygen atoms in total. The molecule has 0 atom stereocenters. The molecule has 1 aromatic carbocycles. The molecule has 0 unspecified atom stereocenters. The summed E-state index contributed by atoms with van der Waals surface area (Å²) < 4.78 is 21.9. The average Bonchev–Trinajstić information content (AvgIpc) is 2.72. The number of esters is 2. The number of hydrogen-bond acceptors (Lipinski definition) is 6. The Bertz CT molecular complexity index is 685. The third kappa shape index (κ3) is 3.99. The van der Waals surface area contributed by atoms with E-state index < -0.39 is 30.3 Å². The maximum absolute atomic E-state index is 11.9. The van der Waals surface area contributed by atoms with Crippen molar-refractivity contribution in [2.24, 2.45) is 0 Å². The van der Waals surface area contributed by atoms with Crippen molar-refractivity contribution in [3.63, 3.8) is 0 Å². The maximum Gasteiger partial charge on any atom is 0.495 e. The number of benzene rings is 1.